The molecule has 0 fully saturated rings. The normalized spacial score (nSPS) is 13.1. The van der Waals surface area contributed by atoms with Gasteiger partial charge in [-0.2, -0.15) is 0 Å². The highest BCUT2D eigenvalue weighted by Crippen LogP contribution is 2.50. The van der Waals surface area contributed by atoms with Crippen LogP contribution >= 0.6 is 0 Å². The molecule has 0 N–H and O–H groups in total. The van der Waals surface area contributed by atoms with Crippen LogP contribution in [0.15, 0.2) is 360 Å². The van der Waals surface area contributed by atoms with Gasteiger partial charge < -0.3 is 8.83 Å². The summed E-state index contributed by atoms with van der Waals surface area (Å²) in [6.07, 6.45) is 0. The standard InChI is InChI=1S/C48H30O.C44H28O/c1-2-14-32(15-3-1)45-38-19-6-8-21-40(38)46(41-22-9-7-20-39(41)45)35-18-12-17-34(30-35)37-27-28-44-48(42-23-10-11-24-43(42)49-44)47(37)36-26-25-31-13-4-5-16-33(31)29-36;1-3-14-29(15-4-1)41-34-20-7-9-22-36(34)42(37-23-10-8-21-35(37)41)32-19-13-18-31(28-32)33-26-27-40-44(38-24-11-12-25-39(38)45-40)43(33)30-16-5-2-6-17-30/h1-30H;1-28H/i1D,2D,3D,14D,15D;1D,3D,4D,14D,15D. The molecule has 94 heavy (non-hydrogen) atoms. The van der Waals surface area contributed by atoms with Gasteiger partial charge in [0.25, 0.3) is 0 Å². The first-order valence-corrected chi connectivity index (χ1v) is 31.5. The Morgan fingerprint density at radius 3 is 0.957 bits per heavy atom. The van der Waals surface area contributed by atoms with Crippen molar-refractivity contribution in [1.29, 1.82) is 0 Å². The van der Waals surface area contributed by atoms with Crippen molar-refractivity contribution >= 4 is 97.7 Å². The van der Waals surface area contributed by atoms with E-state index in [4.69, 9.17) is 22.5 Å². The van der Waals surface area contributed by atoms with Crippen LogP contribution < -0.4 is 0 Å². The molecule has 0 amide bonds. The minimum Gasteiger partial charge on any atom is -0.456 e. The molecule has 0 saturated heterocycles. The number of hydrogen-bond donors (Lipinski definition) is 0. The van der Waals surface area contributed by atoms with E-state index in [9.17, 15) is 0 Å². The van der Waals surface area contributed by atoms with Crippen LogP contribution in [0.5, 0.6) is 0 Å². The van der Waals surface area contributed by atoms with Gasteiger partial charge >= 0.3 is 0 Å². The molecule has 19 rings (SSSR count). The maximum absolute atomic E-state index is 8.92. The van der Waals surface area contributed by atoms with Gasteiger partial charge in [-0.15, -0.1) is 0 Å². The second-order valence-corrected chi connectivity index (χ2v) is 23.7. The first kappa shape index (κ1) is 45.0. The molecular weight excluding hydrogens is 1140 g/mol. The summed E-state index contributed by atoms with van der Waals surface area (Å²) >= 11 is 0. The molecular formula is C92H58O2. The van der Waals surface area contributed by atoms with Crippen molar-refractivity contribution in [1.82, 2.24) is 0 Å². The van der Waals surface area contributed by atoms with E-state index in [1.807, 2.05) is 109 Å². The second kappa shape index (κ2) is 22.8. The first-order valence-electron chi connectivity index (χ1n) is 36.5. The Labute approximate surface area is 558 Å². The molecule has 0 unspecified atom stereocenters. The van der Waals surface area contributed by atoms with E-state index in [0.717, 1.165) is 159 Å². The van der Waals surface area contributed by atoms with Crippen LogP contribution in [-0.4, -0.2) is 0 Å². The van der Waals surface area contributed by atoms with Crippen molar-refractivity contribution in [2.45, 2.75) is 0 Å². The summed E-state index contributed by atoms with van der Waals surface area (Å²) in [4.78, 5) is 0. The van der Waals surface area contributed by atoms with Gasteiger partial charge in [-0.3, -0.25) is 0 Å². The lowest BCUT2D eigenvalue weighted by Gasteiger charge is -2.19. The smallest absolute Gasteiger partial charge is 0.136 e. The summed E-state index contributed by atoms with van der Waals surface area (Å²) in [6, 6.07) is 96.4. The van der Waals surface area contributed by atoms with E-state index in [-0.39, 0.29) is 59.5 Å². The summed E-state index contributed by atoms with van der Waals surface area (Å²) < 4.78 is 98.6. The summed E-state index contributed by atoms with van der Waals surface area (Å²) in [5.41, 5.74) is 17.8. The fourth-order valence-electron chi connectivity index (χ4n) is 14.5. The molecule has 2 aromatic heterocycles. The predicted molar refractivity (Wildman–Crippen MR) is 398 cm³/mol. The van der Waals surface area contributed by atoms with Gasteiger partial charge in [0.05, 0.1) is 13.7 Å². The fraction of sp³-hybridized carbons (Fsp3) is 0. The fourth-order valence-corrected chi connectivity index (χ4v) is 14.5. The first-order chi connectivity index (χ1) is 50.8. The summed E-state index contributed by atoms with van der Waals surface area (Å²) in [5.74, 6) is 0. The minimum absolute atomic E-state index is 0.203. The Morgan fingerprint density at radius 2 is 0.521 bits per heavy atom. The predicted octanol–water partition coefficient (Wildman–Crippen LogP) is 26.3. The average Bonchev–Trinajstić information content (AvgIpc) is 1.09. The van der Waals surface area contributed by atoms with Crippen molar-refractivity contribution in [3.05, 3.63) is 352 Å². The average molecular weight is 1210 g/mol. The van der Waals surface area contributed by atoms with E-state index in [0.29, 0.717) is 11.1 Å². The summed E-state index contributed by atoms with van der Waals surface area (Å²) in [7, 11) is 0. The zero-order valence-corrected chi connectivity index (χ0v) is 50.5. The summed E-state index contributed by atoms with van der Waals surface area (Å²) in [5, 5.41) is 13.6. The highest BCUT2D eigenvalue weighted by molar-refractivity contribution is 6.24. The highest BCUT2D eigenvalue weighted by atomic mass is 16.3. The topological polar surface area (TPSA) is 26.3 Å². The van der Waals surface area contributed by atoms with Gasteiger partial charge in [-0.25, -0.2) is 0 Å². The zero-order chi connectivity index (χ0) is 70.8. The van der Waals surface area contributed by atoms with Crippen LogP contribution in [-0.2, 0) is 0 Å². The highest BCUT2D eigenvalue weighted by Gasteiger charge is 2.23. The maximum atomic E-state index is 8.92. The Kier molecular flexibility index (Phi) is 10.9. The maximum Gasteiger partial charge on any atom is 0.136 e. The van der Waals surface area contributed by atoms with Crippen molar-refractivity contribution in [2.75, 3.05) is 0 Å². The van der Waals surface area contributed by atoms with Crippen LogP contribution in [0.3, 0.4) is 0 Å². The number of fused-ring (bicyclic) bond motifs is 11. The van der Waals surface area contributed by atoms with E-state index in [2.05, 4.69) is 182 Å². The molecule has 2 heterocycles. The molecule has 0 aliphatic heterocycles. The van der Waals surface area contributed by atoms with Crippen LogP contribution in [0.1, 0.15) is 13.7 Å². The Morgan fingerprint density at radius 1 is 0.191 bits per heavy atom. The lowest BCUT2D eigenvalue weighted by atomic mass is 9.84. The van der Waals surface area contributed by atoms with Gasteiger partial charge in [0.1, 0.15) is 22.3 Å². The molecule has 0 saturated carbocycles. The van der Waals surface area contributed by atoms with Gasteiger partial charge in [0.2, 0.25) is 0 Å². The van der Waals surface area contributed by atoms with Crippen molar-refractivity contribution in [2.24, 2.45) is 0 Å². The van der Waals surface area contributed by atoms with Crippen LogP contribution in [0.4, 0.5) is 0 Å². The molecule has 0 spiro atoms. The van der Waals surface area contributed by atoms with Gasteiger partial charge in [-0.1, -0.05) is 309 Å². The third kappa shape index (κ3) is 9.18. The summed E-state index contributed by atoms with van der Waals surface area (Å²) in [6.45, 7) is 0. The van der Waals surface area contributed by atoms with Crippen molar-refractivity contribution < 1.29 is 22.5 Å². The van der Waals surface area contributed by atoms with Crippen molar-refractivity contribution in [3.63, 3.8) is 0 Å². The van der Waals surface area contributed by atoms with E-state index < -0.39 is 12.1 Å². The molecule has 0 aliphatic carbocycles. The molecule has 0 bridgehead atoms. The Bertz CT molecular complexity index is 6640. The van der Waals surface area contributed by atoms with Crippen LogP contribution in [0.2, 0.25) is 0 Å². The monoisotopic (exact) mass is 1200 g/mol. The van der Waals surface area contributed by atoms with Gasteiger partial charge in [-0.05, 0) is 174 Å². The lowest BCUT2D eigenvalue weighted by Crippen LogP contribution is -1.92. The Balaban J connectivity index is 0.000000149. The largest absolute Gasteiger partial charge is 0.456 e. The number of para-hydroxylation sites is 2. The third-order valence-electron chi connectivity index (χ3n) is 18.5. The molecule has 19 aromatic rings. The molecule has 0 radical (unpaired) electrons. The van der Waals surface area contributed by atoms with Gasteiger partial charge in [0, 0.05) is 32.7 Å². The molecule has 438 valence electrons. The quantitative estimate of drug-likeness (QED) is 0.142. The van der Waals surface area contributed by atoms with E-state index >= 15 is 0 Å². The molecule has 2 heteroatoms. The molecule has 2 nitrogen and oxygen atoms in total. The molecule has 0 atom stereocenters. The van der Waals surface area contributed by atoms with Crippen LogP contribution in [0.25, 0.3) is 187 Å². The van der Waals surface area contributed by atoms with Gasteiger partial charge in [0.15, 0.2) is 0 Å². The van der Waals surface area contributed by atoms with Crippen molar-refractivity contribution in [3.8, 4) is 89.0 Å². The van der Waals surface area contributed by atoms with Crippen LogP contribution in [0, 0.1) is 0 Å². The lowest BCUT2D eigenvalue weighted by molar-refractivity contribution is 0.668. The number of rotatable bonds is 8. The number of hydrogen-bond acceptors (Lipinski definition) is 2. The SMILES string of the molecule is [2H]c1c([2H])c([2H])c(-c2c3ccccc3c(-c3cccc(-c4ccc5oc6ccccc6c5c4-c4ccc5ccccc5c4)c3)c3ccccc23)c([2H])c1[2H].[2H]c1c([2H])c([2H])c(-c2c3ccccc3c(-c3cccc(-c4ccc5oc6ccccc6c5c4-c4ccccc4)c3)c3ccccc23)c([2H])c1[2H]. The Hall–Kier alpha value is -12.4. The number of benzene rings is 17. The second-order valence-electron chi connectivity index (χ2n) is 23.7. The third-order valence-corrected chi connectivity index (χ3v) is 18.5. The van der Waals surface area contributed by atoms with E-state index in [1.54, 1.807) is 0 Å². The molecule has 17 aromatic carbocycles. The number of furan rings is 2. The zero-order valence-electron chi connectivity index (χ0n) is 60.5. The minimum atomic E-state index is -0.402. The molecule has 0 aliphatic rings. The van der Waals surface area contributed by atoms with E-state index in [1.165, 1.54) is 5.39 Å².